The van der Waals surface area contributed by atoms with E-state index in [9.17, 15) is 4.79 Å². The molecule has 4 rings (SSSR count). The first-order chi connectivity index (χ1) is 14.8. The van der Waals surface area contributed by atoms with Gasteiger partial charge in [-0.05, 0) is 56.5 Å². The molecule has 0 bridgehead atoms. The van der Waals surface area contributed by atoms with Gasteiger partial charge in [0.2, 0.25) is 5.91 Å². The second-order valence-electron chi connectivity index (χ2n) is 8.17. The summed E-state index contributed by atoms with van der Waals surface area (Å²) >= 11 is 1.64. The van der Waals surface area contributed by atoms with Crippen molar-refractivity contribution in [3.63, 3.8) is 0 Å². The number of amides is 1. The topological polar surface area (TPSA) is 32.8 Å². The van der Waals surface area contributed by atoms with Crippen LogP contribution in [-0.4, -0.2) is 61.1 Å². The lowest BCUT2D eigenvalue weighted by Crippen LogP contribution is -2.43. The number of nitrogens with zero attached hydrogens (tertiary/aromatic N) is 2. The van der Waals surface area contributed by atoms with Crippen molar-refractivity contribution < 1.29 is 9.53 Å². The number of ether oxygens (including phenoxy) is 1. The van der Waals surface area contributed by atoms with E-state index in [2.05, 4.69) is 29.2 Å². The zero-order chi connectivity index (χ0) is 20.6. The summed E-state index contributed by atoms with van der Waals surface area (Å²) in [5, 5.41) is -0.207. The standard InChI is InChI=1S/C25H32N2O2S/c28-25(24(21-9-3-1-4-10-21)30-23-11-5-2-6-12-23)27-17-13-22(14-18-27)29-20-19-26-15-7-8-16-26/h1-6,9-12,22,24H,7-8,13-20H2. The van der Waals surface area contributed by atoms with Gasteiger partial charge in [0.15, 0.2) is 0 Å². The molecule has 1 amide bonds. The van der Waals surface area contributed by atoms with Crippen LogP contribution in [0.3, 0.4) is 0 Å². The third-order valence-electron chi connectivity index (χ3n) is 6.04. The Bertz CT molecular complexity index is 772. The zero-order valence-electron chi connectivity index (χ0n) is 17.6. The van der Waals surface area contributed by atoms with Gasteiger partial charge in [-0.2, -0.15) is 0 Å². The van der Waals surface area contributed by atoms with Crippen molar-refractivity contribution in [3.05, 3.63) is 66.2 Å². The monoisotopic (exact) mass is 424 g/mol. The molecule has 160 valence electrons. The highest BCUT2D eigenvalue weighted by Crippen LogP contribution is 2.37. The summed E-state index contributed by atoms with van der Waals surface area (Å²) in [5.41, 5.74) is 1.07. The summed E-state index contributed by atoms with van der Waals surface area (Å²) in [5.74, 6) is 0.213. The molecule has 1 atom stereocenters. The Balaban J connectivity index is 1.32. The molecule has 0 spiro atoms. The summed E-state index contributed by atoms with van der Waals surface area (Å²) in [6, 6.07) is 20.4. The highest BCUT2D eigenvalue weighted by Gasteiger charge is 2.30. The van der Waals surface area contributed by atoms with Crippen molar-refractivity contribution in [2.75, 3.05) is 39.3 Å². The summed E-state index contributed by atoms with van der Waals surface area (Å²) in [6.45, 7) is 5.86. The molecule has 1 unspecified atom stereocenters. The van der Waals surface area contributed by atoms with Gasteiger partial charge in [-0.25, -0.2) is 0 Å². The molecule has 0 aliphatic carbocycles. The van der Waals surface area contributed by atoms with E-state index in [0.717, 1.165) is 49.5 Å². The Morgan fingerprint density at radius 1 is 0.933 bits per heavy atom. The highest BCUT2D eigenvalue weighted by molar-refractivity contribution is 8.00. The van der Waals surface area contributed by atoms with Crippen LogP contribution < -0.4 is 0 Å². The van der Waals surface area contributed by atoms with E-state index < -0.39 is 0 Å². The van der Waals surface area contributed by atoms with Gasteiger partial charge >= 0.3 is 0 Å². The minimum Gasteiger partial charge on any atom is -0.377 e. The molecule has 2 fully saturated rings. The SMILES string of the molecule is O=C(C(Sc1ccccc1)c1ccccc1)N1CCC(OCCN2CCCC2)CC1. The molecular weight excluding hydrogens is 392 g/mol. The number of rotatable bonds is 8. The maximum absolute atomic E-state index is 13.5. The third-order valence-corrected chi connectivity index (χ3v) is 7.29. The molecule has 2 aliphatic heterocycles. The van der Waals surface area contributed by atoms with Crippen LogP contribution in [0.4, 0.5) is 0 Å². The minimum atomic E-state index is -0.207. The molecule has 2 heterocycles. The van der Waals surface area contributed by atoms with Crippen LogP contribution in [0.1, 0.15) is 36.5 Å². The Kier molecular flexibility index (Phi) is 7.84. The van der Waals surface area contributed by atoms with E-state index in [1.807, 2.05) is 41.3 Å². The summed E-state index contributed by atoms with van der Waals surface area (Å²) < 4.78 is 6.13. The summed E-state index contributed by atoms with van der Waals surface area (Å²) in [7, 11) is 0. The minimum absolute atomic E-state index is 0.207. The predicted molar refractivity (Wildman–Crippen MR) is 123 cm³/mol. The van der Waals surface area contributed by atoms with Crippen molar-refractivity contribution in [2.45, 2.75) is 41.9 Å². The number of carbonyl (C=O) groups excluding carboxylic acids is 1. The molecular formula is C25H32N2O2S. The quantitative estimate of drug-likeness (QED) is 0.579. The van der Waals surface area contributed by atoms with Crippen LogP contribution in [0, 0.1) is 0 Å². The first-order valence-corrected chi connectivity index (χ1v) is 12.1. The first-order valence-electron chi connectivity index (χ1n) is 11.2. The Morgan fingerprint density at radius 2 is 1.57 bits per heavy atom. The van der Waals surface area contributed by atoms with Gasteiger partial charge in [0.05, 0.1) is 12.7 Å². The molecule has 2 aliphatic rings. The van der Waals surface area contributed by atoms with Crippen LogP contribution in [0.2, 0.25) is 0 Å². The lowest BCUT2D eigenvalue weighted by molar-refractivity contribution is -0.133. The van der Waals surface area contributed by atoms with Crippen LogP contribution in [0.15, 0.2) is 65.6 Å². The predicted octanol–water partition coefficient (Wildman–Crippen LogP) is 4.62. The molecule has 0 radical (unpaired) electrons. The smallest absolute Gasteiger partial charge is 0.240 e. The van der Waals surface area contributed by atoms with Gasteiger partial charge in [-0.1, -0.05) is 48.5 Å². The highest BCUT2D eigenvalue weighted by atomic mass is 32.2. The second-order valence-corrected chi connectivity index (χ2v) is 9.34. The number of piperidine rings is 1. The van der Waals surface area contributed by atoms with E-state index in [-0.39, 0.29) is 17.3 Å². The lowest BCUT2D eigenvalue weighted by Gasteiger charge is -2.34. The zero-order valence-corrected chi connectivity index (χ0v) is 18.4. The number of benzene rings is 2. The van der Waals surface area contributed by atoms with Crippen molar-refractivity contribution in [1.29, 1.82) is 0 Å². The lowest BCUT2D eigenvalue weighted by atomic mass is 10.1. The molecule has 0 N–H and O–H groups in total. The molecule has 2 aromatic rings. The third kappa shape index (κ3) is 5.87. The van der Waals surface area contributed by atoms with Crippen molar-refractivity contribution in [3.8, 4) is 0 Å². The largest absolute Gasteiger partial charge is 0.377 e. The molecule has 4 nitrogen and oxygen atoms in total. The van der Waals surface area contributed by atoms with Crippen molar-refractivity contribution in [1.82, 2.24) is 9.80 Å². The first kappa shape index (κ1) is 21.4. The van der Waals surface area contributed by atoms with Crippen molar-refractivity contribution >= 4 is 17.7 Å². The van der Waals surface area contributed by atoms with Gasteiger partial charge in [-0.3, -0.25) is 4.79 Å². The van der Waals surface area contributed by atoms with Gasteiger partial charge in [0.25, 0.3) is 0 Å². The summed E-state index contributed by atoms with van der Waals surface area (Å²) in [6.07, 6.45) is 4.80. The fourth-order valence-electron chi connectivity index (χ4n) is 4.29. The Morgan fingerprint density at radius 3 is 2.23 bits per heavy atom. The maximum atomic E-state index is 13.5. The van der Waals surface area contributed by atoms with Gasteiger partial charge < -0.3 is 14.5 Å². The van der Waals surface area contributed by atoms with Crippen LogP contribution in [0.25, 0.3) is 0 Å². The number of likely N-dealkylation sites (tertiary alicyclic amines) is 2. The van der Waals surface area contributed by atoms with E-state index in [1.165, 1.54) is 25.9 Å². The van der Waals surface area contributed by atoms with Crippen LogP contribution in [0.5, 0.6) is 0 Å². The fraction of sp³-hybridized carbons (Fsp3) is 0.480. The average Bonchev–Trinajstić information content (AvgIpc) is 3.32. The molecule has 30 heavy (non-hydrogen) atoms. The Hall–Kier alpha value is -1.82. The molecule has 0 aromatic heterocycles. The van der Waals surface area contributed by atoms with Gasteiger partial charge in [0, 0.05) is 24.5 Å². The van der Waals surface area contributed by atoms with E-state index in [0.29, 0.717) is 0 Å². The normalized spacial score (nSPS) is 19.1. The number of hydrogen-bond acceptors (Lipinski definition) is 4. The van der Waals surface area contributed by atoms with Crippen molar-refractivity contribution in [2.24, 2.45) is 0 Å². The van der Waals surface area contributed by atoms with E-state index >= 15 is 0 Å². The van der Waals surface area contributed by atoms with Gasteiger partial charge in [-0.15, -0.1) is 11.8 Å². The molecule has 0 saturated carbocycles. The van der Waals surface area contributed by atoms with Gasteiger partial charge in [0.1, 0.15) is 5.25 Å². The molecule has 5 heteroatoms. The summed E-state index contributed by atoms with van der Waals surface area (Å²) in [4.78, 5) is 19.1. The molecule has 2 saturated heterocycles. The average molecular weight is 425 g/mol. The van der Waals surface area contributed by atoms with E-state index in [1.54, 1.807) is 11.8 Å². The number of hydrogen-bond donors (Lipinski definition) is 0. The number of thioether (sulfide) groups is 1. The maximum Gasteiger partial charge on any atom is 0.240 e. The number of carbonyl (C=O) groups is 1. The van der Waals surface area contributed by atoms with Crippen LogP contribution in [-0.2, 0) is 9.53 Å². The van der Waals surface area contributed by atoms with Crippen LogP contribution >= 0.6 is 11.8 Å². The van der Waals surface area contributed by atoms with E-state index in [4.69, 9.17) is 4.74 Å². The molecule has 2 aromatic carbocycles. The Labute approximate surface area is 184 Å². The fourth-order valence-corrected chi connectivity index (χ4v) is 5.42. The second kappa shape index (κ2) is 11.0.